The third-order valence-electron chi connectivity index (χ3n) is 2.42. The number of amides is 2. The SMILES string of the molecule is Cc1nc(CNC(=O)NC2CCC2)no1. The van der Waals surface area contributed by atoms with E-state index in [0.29, 0.717) is 24.3 Å². The van der Waals surface area contributed by atoms with Crippen molar-refractivity contribution in [3.05, 3.63) is 11.7 Å². The summed E-state index contributed by atoms with van der Waals surface area (Å²) in [6.07, 6.45) is 3.36. The highest BCUT2D eigenvalue weighted by molar-refractivity contribution is 5.74. The predicted octanol–water partition coefficient (Wildman–Crippen LogP) is 0.730. The Hall–Kier alpha value is -1.59. The van der Waals surface area contributed by atoms with Gasteiger partial charge in [-0.15, -0.1) is 0 Å². The van der Waals surface area contributed by atoms with Gasteiger partial charge in [0, 0.05) is 13.0 Å². The van der Waals surface area contributed by atoms with Crippen LogP contribution in [0.4, 0.5) is 4.79 Å². The molecule has 1 heterocycles. The molecule has 1 aliphatic rings. The van der Waals surface area contributed by atoms with Crippen molar-refractivity contribution in [2.75, 3.05) is 0 Å². The van der Waals surface area contributed by atoms with Gasteiger partial charge in [-0.2, -0.15) is 4.98 Å². The number of aryl methyl sites for hydroxylation is 1. The molecule has 0 saturated heterocycles. The normalized spacial score (nSPS) is 15.8. The molecule has 0 radical (unpaired) electrons. The fourth-order valence-electron chi connectivity index (χ4n) is 1.36. The van der Waals surface area contributed by atoms with Crippen LogP contribution in [0.15, 0.2) is 4.52 Å². The van der Waals surface area contributed by atoms with Gasteiger partial charge in [0.1, 0.15) is 0 Å². The van der Waals surface area contributed by atoms with Crippen molar-refractivity contribution in [2.45, 2.75) is 38.8 Å². The van der Waals surface area contributed by atoms with Crippen LogP contribution >= 0.6 is 0 Å². The molecule has 0 unspecified atom stereocenters. The Morgan fingerprint density at radius 3 is 2.93 bits per heavy atom. The van der Waals surface area contributed by atoms with Gasteiger partial charge in [-0.05, 0) is 19.3 Å². The molecule has 2 N–H and O–H groups in total. The van der Waals surface area contributed by atoms with Crippen LogP contribution in [0.5, 0.6) is 0 Å². The molecule has 0 atom stereocenters. The van der Waals surface area contributed by atoms with E-state index < -0.39 is 0 Å². The number of carbonyl (C=O) groups is 1. The molecule has 15 heavy (non-hydrogen) atoms. The van der Waals surface area contributed by atoms with Crippen molar-refractivity contribution < 1.29 is 9.32 Å². The summed E-state index contributed by atoms with van der Waals surface area (Å²) in [6.45, 7) is 2.01. The van der Waals surface area contributed by atoms with Crippen LogP contribution < -0.4 is 10.6 Å². The van der Waals surface area contributed by atoms with Crippen LogP contribution in [-0.4, -0.2) is 22.2 Å². The van der Waals surface area contributed by atoms with Crippen LogP contribution in [0.2, 0.25) is 0 Å². The second kappa shape index (κ2) is 4.29. The summed E-state index contributed by atoms with van der Waals surface area (Å²) in [5.41, 5.74) is 0. The molecule has 0 bridgehead atoms. The van der Waals surface area contributed by atoms with Gasteiger partial charge in [0.2, 0.25) is 5.89 Å². The standard InChI is InChI=1S/C9H14N4O2/c1-6-11-8(13-15-6)5-10-9(14)12-7-3-2-4-7/h7H,2-5H2,1H3,(H2,10,12,14). The van der Waals surface area contributed by atoms with Crippen molar-refractivity contribution in [2.24, 2.45) is 0 Å². The van der Waals surface area contributed by atoms with Crippen LogP contribution in [0.25, 0.3) is 0 Å². The van der Waals surface area contributed by atoms with Crippen LogP contribution in [0.3, 0.4) is 0 Å². The molecule has 1 saturated carbocycles. The number of carbonyl (C=O) groups excluding carboxylic acids is 1. The smallest absolute Gasteiger partial charge is 0.315 e. The summed E-state index contributed by atoms with van der Waals surface area (Å²) in [7, 11) is 0. The van der Waals surface area contributed by atoms with Crippen molar-refractivity contribution in [1.82, 2.24) is 20.8 Å². The quantitative estimate of drug-likeness (QED) is 0.770. The Balaban J connectivity index is 1.70. The lowest BCUT2D eigenvalue weighted by molar-refractivity contribution is 0.227. The van der Waals surface area contributed by atoms with Crippen LogP contribution in [-0.2, 0) is 6.54 Å². The zero-order valence-corrected chi connectivity index (χ0v) is 8.62. The third-order valence-corrected chi connectivity index (χ3v) is 2.42. The molecule has 1 aliphatic carbocycles. The Bertz CT molecular complexity index is 346. The summed E-state index contributed by atoms with van der Waals surface area (Å²) in [5, 5.41) is 9.21. The van der Waals surface area contributed by atoms with E-state index in [4.69, 9.17) is 4.52 Å². The van der Waals surface area contributed by atoms with E-state index in [0.717, 1.165) is 12.8 Å². The van der Waals surface area contributed by atoms with E-state index in [9.17, 15) is 4.79 Å². The Kier molecular flexibility index (Phi) is 2.84. The number of urea groups is 1. The molecule has 2 rings (SSSR count). The maximum Gasteiger partial charge on any atom is 0.315 e. The fraction of sp³-hybridized carbons (Fsp3) is 0.667. The lowest BCUT2D eigenvalue weighted by Gasteiger charge is -2.26. The Morgan fingerprint density at radius 2 is 2.40 bits per heavy atom. The van der Waals surface area contributed by atoms with Crippen molar-refractivity contribution >= 4 is 6.03 Å². The number of nitrogens with one attached hydrogen (secondary N) is 2. The van der Waals surface area contributed by atoms with E-state index in [1.165, 1.54) is 6.42 Å². The zero-order valence-electron chi connectivity index (χ0n) is 8.62. The van der Waals surface area contributed by atoms with Gasteiger partial charge in [-0.1, -0.05) is 5.16 Å². The lowest BCUT2D eigenvalue weighted by Crippen LogP contribution is -2.44. The van der Waals surface area contributed by atoms with Gasteiger partial charge < -0.3 is 15.2 Å². The number of nitrogens with zero attached hydrogens (tertiary/aromatic N) is 2. The number of hydrogen-bond donors (Lipinski definition) is 2. The van der Waals surface area contributed by atoms with E-state index >= 15 is 0 Å². The lowest BCUT2D eigenvalue weighted by atomic mass is 9.93. The van der Waals surface area contributed by atoms with Crippen LogP contribution in [0.1, 0.15) is 31.0 Å². The summed E-state index contributed by atoms with van der Waals surface area (Å²) in [6, 6.07) is 0.180. The monoisotopic (exact) mass is 210 g/mol. The molecular formula is C9H14N4O2. The topological polar surface area (TPSA) is 80.0 Å². The highest BCUT2D eigenvalue weighted by Crippen LogP contribution is 2.17. The van der Waals surface area contributed by atoms with Crippen LogP contribution in [0, 0.1) is 6.92 Å². The molecule has 1 fully saturated rings. The number of hydrogen-bond acceptors (Lipinski definition) is 4. The molecule has 0 spiro atoms. The van der Waals surface area contributed by atoms with Gasteiger partial charge >= 0.3 is 6.03 Å². The van der Waals surface area contributed by atoms with Gasteiger partial charge in [-0.25, -0.2) is 4.79 Å². The number of aromatic nitrogens is 2. The van der Waals surface area contributed by atoms with Gasteiger partial charge in [0.05, 0.1) is 6.54 Å². The average molecular weight is 210 g/mol. The highest BCUT2D eigenvalue weighted by atomic mass is 16.5. The summed E-state index contributed by atoms with van der Waals surface area (Å²) >= 11 is 0. The second-order valence-electron chi connectivity index (χ2n) is 3.68. The molecule has 82 valence electrons. The summed E-state index contributed by atoms with van der Waals surface area (Å²) in [4.78, 5) is 15.3. The van der Waals surface area contributed by atoms with Gasteiger partial charge in [0.15, 0.2) is 5.82 Å². The first-order valence-electron chi connectivity index (χ1n) is 5.07. The van der Waals surface area contributed by atoms with E-state index in [-0.39, 0.29) is 6.03 Å². The fourth-order valence-corrected chi connectivity index (χ4v) is 1.36. The molecule has 0 aliphatic heterocycles. The Labute approximate surface area is 87.4 Å². The molecule has 0 aromatic carbocycles. The average Bonchev–Trinajstić information content (AvgIpc) is 2.55. The summed E-state index contributed by atoms with van der Waals surface area (Å²) in [5.74, 6) is 1.00. The maximum atomic E-state index is 11.3. The molecule has 6 nitrogen and oxygen atoms in total. The predicted molar refractivity (Wildman–Crippen MR) is 52.0 cm³/mol. The van der Waals surface area contributed by atoms with Crippen molar-refractivity contribution in [3.63, 3.8) is 0 Å². The third kappa shape index (κ3) is 2.68. The molecule has 2 amide bonds. The molecule has 1 aromatic heterocycles. The van der Waals surface area contributed by atoms with E-state index in [1.807, 2.05) is 0 Å². The maximum absolute atomic E-state index is 11.3. The first-order chi connectivity index (χ1) is 7.24. The molecular weight excluding hydrogens is 196 g/mol. The van der Waals surface area contributed by atoms with E-state index in [1.54, 1.807) is 6.92 Å². The zero-order chi connectivity index (χ0) is 10.7. The van der Waals surface area contributed by atoms with Gasteiger partial charge in [0.25, 0.3) is 0 Å². The summed E-state index contributed by atoms with van der Waals surface area (Å²) < 4.78 is 4.78. The minimum Gasteiger partial charge on any atom is -0.340 e. The molecule has 1 aromatic rings. The van der Waals surface area contributed by atoms with Crippen molar-refractivity contribution in [1.29, 1.82) is 0 Å². The van der Waals surface area contributed by atoms with Crippen molar-refractivity contribution in [3.8, 4) is 0 Å². The number of rotatable bonds is 3. The van der Waals surface area contributed by atoms with Gasteiger partial charge in [-0.3, -0.25) is 0 Å². The highest BCUT2D eigenvalue weighted by Gasteiger charge is 2.19. The van der Waals surface area contributed by atoms with E-state index in [2.05, 4.69) is 20.8 Å². The Morgan fingerprint density at radius 1 is 1.60 bits per heavy atom. The molecule has 6 heteroatoms. The minimum atomic E-state index is -0.165. The minimum absolute atomic E-state index is 0.165. The largest absolute Gasteiger partial charge is 0.340 e. The second-order valence-corrected chi connectivity index (χ2v) is 3.68. The first kappa shape index (κ1) is 9.95. The first-order valence-corrected chi connectivity index (χ1v) is 5.07.